The van der Waals surface area contributed by atoms with Gasteiger partial charge in [0.05, 0.1) is 4.90 Å². The standard InChI is InChI=1S/C18H27N3O3S/c1-12-6-7-14(18(22)20-16(11-19)13-8-9-13)10-17(12)25(23,24)21-15-4-2-3-5-15/h6-7,10,13,15-16,21H,2-5,8-9,11,19H2,1H3,(H,20,22). The van der Waals surface area contributed by atoms with Gasteiger partial charge in [0.25, 0.3) is 5.91 Å². The molecule has 2 fully saturated rings. The minimum Gasteiger partial charge on any atom is -0.348 e. The van der Waals surface area contributed by atoms with Crippen molar-refractivity contribution in [3.8, 4) is 0 Å². The topological polar surface area (TPSA) is 101 Å². The molecule has 2 aliphatic carbocycles. The van der Waals surface area contributed by atoms with Crippen molar-refractivity contribution in [2.24, 2.45) is 11.7 Å². The molecule has 25 heavy (non-hydrogen) atoms. The third-order valence-electron chi connectivity index (χ3n) is 5.18. The summed E-state index contributed by atoms with van der Waals surface area (Å²) in [6, 6.07) is 4.79. The number of benzene rings is 1. The first-order valence-electron chi connectivity index (χ1n) is 9.04. The highest BCUT2D eigenvalue weighted by atomic mass is 32.2. The lowest BCUT2D eigenvalue weighted by molar-refractivity contribution is 0.0933. The van der Waals surface area contributed by atoms with Gasteiger partial charge in [0.15, 0.2) is 0 Å². The fourth-order valence-electron chi connectivity index (χ4n) is 3.48. The molecule has 0 spiro atoms. The molecule has 0 radical (unpaired) electrons. The van der Waals surface area contributed by atoms with E-state index in [9.17, 15) is 13.2 Å². The highest BCUT2D eigenvalue weighted by Crippen LogP contribution is 2.32. The predicted molar refractivity (Wildman–Crippen MR) is 96.8 cm³/mol. The van der Waals surface area contributed by atoms with Crippen molar-refractivity contribution in [3.63, 3.8) is 0 Å². The van der Waals surface area contributed by atoms with Crippen molar-refractivity contribution in [2.75, 3.05) is 6.54 Å². The molecule has 6 nitrogen and oxygen atoms in total. The lowest BCUT2D eigenvalue weighted by atomic mass is 10.1. The van der Waals surface area contributed by atoms with E-state index in [0.717, 1.165) is 38.5 Å². The van der Waals surface area contributed by atoms with Gasteiger partial charge in [0, 0.05) is 24.2 Å². The lowest BCUT2D eigenvalue weighted by Gasteiger charge is -2.17. The number of carbonyl (C=O) groups is 1. The quantitative estimate of drug-likeness (QED) is 0.684. The van der Waals surface area contributed by atoms with Gasteiger partial charge in [0.1, 0.15) is 0 Å². The average molecular weight is 365 g/mol. The molecule has 0 heterocycles. The van der Waals surface area contributed by atoms with E-state index in [2.05, 4.69) is 10.0 Å². The van der Waals surface area contributed by atoms with E-state index in [1.165, 1.54) is 6.07 Å². The lowest BCUT2D eigenvalue weighted by Crippen LogP contribution is -2.41. The second-order valence-corrected chi connectivity index (χ2v) is 8.92. The van der Waals surface area contributed by atoms with Crippen LogP contribution in [-0.2, 0) is 10.0 Å². The van der Waals surface area contributed by atoms with Crippen LogP contribution in [0.2, 0.25) is 0 Å². The molecule has 0 saturated heterocycles. The van der Waals surface area contributed by atoms with Crippen LogP contribution in [0.4, 0.5) is 0 Å². The van der Waals surface area contributed by atoms with Gasteiger partial charge in [-0.1, -0.05) is 18.9 Å². The predicted octanol–water partition coefficient (Wildman–Crippen LogP) is 1.68. The van der Waals surface area contributed by atoms with Crippen molar-refractivity contribution < 1.29 is 13.2 Å². The number of hydrogen-bond donors (Lipinski definition) is 3. The summed E-state index contributed by atoms with van der Waals surface area (Å²) in [6.45, 7) is 2.15. The monoisotopic (exact) mass is 365 g/mol. The zero-order valence-corrected chi connectivity index (χ0v) is 15.4. The molecule has 138 valence electrons. The fraction of sp³-hybridized carbons (Fsp3) is 0.611. The molecule has 1 aromatic rings. The number of sulfonamides is 1. The second-order valence-electron chi connectivity index (χ2n) is 7.24. The summed E-state index contributed by atoms with van der Waals surface area (Å²) < 4.78 is 28.2. The molecular formula is C18H27N3O3S. The number of rotatable bonds is 7. The molecule has 0 bridgehead atoms. The maximum atomic E-state index is 12.7. The fourth-order valence-corrected chi connectivity index (χ4v) is 5.05. The maximum Gasteiger partial charge on any atom is 0.251 e. The Morgan fingerprint density at radius 1 is 1.24 bits per heavy atom. The Labute approximate surface area is 149 Å². The third-order valence-corrected chi connectivity index (χ3v) is 6.84. The third kappa shape index (κ3) is 4.40. The van der Waals surface area contributed by atoms with Crippen LogP contribution in [0.15, 0.2) is 23.1 Å². The number of nitrogens with two attached hydrogens (primary N) is 1. The molecule has 0 aliphatic heterocycles. The summed E-state index contributed by atoms with van der Waals surface area (Å²) in [4.78, 5) is 12.7. The molecule has 4 N–H and O–H groups in total. The van der Waals surface area contributed by atoms with Crippen LogP contribution in [0, 0.1) is 12.8 Å². The molecule has 2 aliphatic rings. The van der Waals surface area contributed by atoms with Crippen LogP contribution in [0.5, 0.6) is 0 Å². The highest BCUT2D eigenvalue weighted by Gasteiger charge is 2.32. The van der Waals surface area contributed by atoms with Gasteiger partial charge in [0.2, 0.25) is 10.0 Å². The van der Waals surface area contributed by atoms with Crippen LogP contribution < -0.4 is 15.8 Å². The first kappa shape index (κ1) is 18.4. The average Bonchev–Trinajstić information content (AvgIpc) is 3.30. The Kier molecular flexibility index (Phi) is 5.46. The zero-order valence-electron chi connectivity index (χ0n) is 14.6. The maximum absolute atomic E-state index is 12.7. The first-order chi connectivity index (χ1) is 11.9. The van der Waals surface area contributed by atoms with Crippen molar-refractivity contribution in [1.29, 1.82) is 0 Å². The van der Waals surface area contributed by atoms with E-state index in [0.29, 0.717) is 23.6 Å². The Balaban J connectivity index is 1.78. The number of nitrogens with one attached hydrogen (secondary N) is 2. The van der Waals surface area contributed by atoms with Crippen molar-refractivity contribution in [2.45, 2.75) is 62.4 Å². The molecule has 3 rings (SSSR count). The van der Waals surface area contributed by atoms with Gasteiger partial charge in [-0.2, -0.15) is 0 Å². The second kappa shape index (κ2) is 7.43. The van der Waals surface area contributed by atoms with E-state index < -0.39 is 10.0 Å². The summed E-state index contributed by atoms with van der Waals surface area (Å²) >= 11 is 0. The van der Waals surface area contributed by atoms with E-state index in [1.54, 1.807) is 19.1 Å². The van der Waals surface area contributed by atoms with E-state index in [4.69, 9.17) is 5.73 Å². The summed E-state index contributed by atoms with van der Waals surface area (Å²) in [5.41, 5.74) is 6.73. The van der Waals surface area contributed by atoms with E-state index in [-0.39, 0.29) is 22.9 Å². The molecule has 0 aromatic heterocycles. The molecule has 1 unspecified atom stereocenters. The Bertz CT molecular complexity index is 738. The van der Waals surface area contributed by atoms with Crippen LogP contribution in [0.3, 0.4) is 0 Å². The molecule has 7 heteroatoms. The molecule has 1 amide bonds. The SMILES string of the molecule is Cc1ccc(C(=O)NC(CN)C2CC2)cc1S(=O)(=O)NC1CCCC1. The number of aryl methyl sites for hydroxylation is 1. The molecule has 1 atom stereocenters. The van der Waals surface area contributed by atoms with Gasteiger partial charge < -0.3 is 11.1 Å². The van der Waals surface area contributed by atoms with Crippen molar-refractivity contribution in [3.05, 3.63) is 29.3 Å². The summed E-state index contributed by atoms with van der Waals surface area (Å²) in [5, 5.41) is 2.94. The highest BCUT2D eigenvalue weighted by molar-refractivity contribution is 7.89. The van der Waals surface area contributed by atoms with Crippen LogP contribution in [0.25, 0.3) is 0 Å². The van der Waals surface area contributed by atoms with E-state index >= 15 is 0 Å². The summed E-state index contributed by atoms with van der Waals surface area (Å²) in [5.74, 6) is 0.186. The molecular weight excluding hydrogens is 338 g/mol. The van der Waals surface area contributed by atoms with Crippen LogP contribution in [0.1, 0.15) is 54.4 Å². The summed E-state index contributed by atoms with van der Waals surface area (Å²) in [7, 11) is -3.62. The van der Waals surface area contributed by atoms with Crippen LogP contribution in [-0.4, -0.2) is 33.0 Å². The summed E-state index contributed by atoms with van der Waals surface area (Å²) in [6.07, 6.45) is 6.02. The number of carbonyl (C=O) groups excluding carboxylic acids is 1. The van der Waals surface area contributed by atoms with Crippen molar-refractivity contribution in [1.82, 2.24) is 10.0 Å². The molecule has 2 saturated carbocycles. The van der Waals surface area contributed by atoms with Crippen molar-refractivity contribution >= 4 is 15.9 Å². The van der Waals surface area contributed by atoms with Gasteiger partial charge in [-0.15, -0.1) is 0 Å². The van der Waals surface area contributed by atoms with E-state index in [1.807, 2.05) is 0 Å². The van der Waals surface area contributed by atoms with Gasteiger partial charge in [-0.05, 0) is 56.2 Å². The Morgan fingerprint density at radius 2 is 1.92 bits per heavy atom. The number of hydrogen-bond acceptors (Lipinski definition) is 4. The zero-order chi connectivity index (χ0) is 18.0. The molecule has 1 aromatic carbocycles. The first-order valence-corrected chi connectivity index (χ1v) is 10.5. The Morgan fingerprint density at radius 3 is 2.52 bits per heavy atom. The minimum atomic E-state index is -3.62. The normalized spacial score (nSPS) is 19.8. The van der Waals surface area contributed by atoms with Crippen LogP contribution >= 0.6 is 0 Å². The largest absolute Gasteiger partial charge is 0.348 e. The Hall–Kier alpha value is -1.44. The smallest absolute Gasteiger partial charge is 0.251 e. The van der Waals surface area contributed by atoms with Gasteiger partial charge in [-0.3, -0.25) is 4.79 Å². The number of amides is 1. The van der Waals surface area contributed by atoms with Gasteiger partial charge in [-0.25, -0.2) is 13.1 Å². The minimum absolute atomic E-state index is 0.00151. The van der Waals surface area contributed by atoms with Gasteiger partial charge >= 0.3 is 0 Å².